The average molecular weight is 410 g/mol. The van der Waals surface area contributed by atoms with Crippen LogP contribution in [-0.2, 0) is 19.5 Å². The first-order valence-electron chi connectivity index (χ1n) is 9.15. The van der Waals surface area contributed by atoms with Crippen LogP contribution in [0.4, 0.5) is 0 Å². The number of thiophene rings is 1. The molecular formula is C20H19N5OS2. The van der Waals surface area contributed by atoms with Crippen molar-refractivity contribution in [1.29, 1.82) is 5.26 Å². The number of aryl methyl sites for hydroxylation is 1. The van der Waals surface area contributed by atoms with Gasteiger partial charge in [-0.05, 0) is 30.4 Å². The van der Waals surface area contributed by atoms with Crippen LogP contribution < -0.4 is 14.8 Å². The zero-order valence-corrected chi connectivity index (χ0v) is 16.9. The number of fused-ring (bicyclic) bond motifs is 1. The molecule has 0 saturated heterocycles. The van der Waals surface area contributed by atoms with Crippen LogP contribution in [0.3, 0.4) is 0 Å². The van der Waals surface area contributed by atoms with Crippen LogP contribution >= 0.6 is 22.7 Å². The quantitative estimate of drug-likeness (QED) is 0.618. The van der Waals surface area contributed by atoms with Gasteiger partial charge in [-0.2, -0.15) is 5.26 Å². The first-order chi connectivity index (χ1) is 13.7. The third kappa shape index (κ3) is 3.39. The number of hydrogen-bond acceptors (Lipinski definition) is 6. The minimum Gasteiger partial charge on any atom is -0.310 e. The maximum atomic E-state index is 13.0. The monoisotopic (exact) mass is 409 g/mol. The summed E-state index contributed by atoms with van der Waals surface area (Å²) < 4.78 is 4.85. The highest BCUT2D eigenvalue weighted by atomic mass is 32.1. The van der Waals surface area contributed by atoms with Crippen molar-refractivity contribution in [3.63, 3.8) is 0 Å². The molecule has 0 unspecified atom stereocenters. The predicted molar refractivity (Wildman–Crippen MR) is 112 cm³/mol. The highest BCUT2D eigenvalue weighted by molar-refractivity contribution is 7.11. The van der Waals surface area contributed by atoms with Gasteiger partial charge in [0.1, 0.15) is 22.1 Å². The van der Waals surface area contributed by atoms with Gasteiger partial charge < -0.3 is 4.57 Å². The molecule has 6 nitrogen and oxygen atoms in total. The zero-order valence-electron chi connectivity index (χ0n) is 15.3. The van der Waals surface area contributed by atoms with Crippen LogP contribution in [0.15, 0.2) is 35.0 Å². The molecule has 1 aliphatic heterocycles. The molecule has 0 N–H and O–H groups in total. The summed E-state index contributed by atoms with van der Waals surface area (Å²) in [6.07, 6.45) is 7.68. The van der Waals surface area contributed by atoms with Crippen molar-refractivity contribution >= 4 is 34.3 Å². The largest absolute Gasteiger partial charge is 0.310 e. The second-order valence-corrected chi connectivity index (χ2v) is 8.53. The summed E-state index contributed by atoms with van der Waals surface area (Å²) in [7, 11) is 0. The van der Waals surface area contributed by atoms with E-state index in [0.29, 0.717) is 27.1 Å². The molecule has 0 aromatic carbocycles. The lowest BCUT2D eigenvalue weighted by Crippen LogP contribution is -2.32. The topological polar surface area (TPSA) is 76.5 Å². The van der Waals surface area contributed by atoms with E-state index in [0.717, 1.165) is 42.9 Å². The van der Waals surface area contributed by atoms with Crippen LogP contribution in [0.2, 0.25) is 0 Å². The van der Waals surface area contributed by atoms with Crippen molar-refractivity contribution in [2.24, 2.45) is 0 Å². The van der Waals surface area contributed by atoms with Gasteiger partial charge in [-0.3, -0.25) is 9.36 Å². The number of aromatic nitrogens is 4. The van der Waals surface area contributed by atoms with Gasteiger partial charge in [-0.25, -0.2) is 0 Å². The van der Waals surface area contributed by atoms with E-state index in [4.69, 9.17) is 0 Å². The Bertz CT molecular complexity index is 1220. The minimum atomic E-state index is -0.114. The molecule has 0 spiro atoms. The number of hydrogen-bond donors (Lipinski definition) is 0. The first kappa shape index (κ1) is 18.6. The van der Waals surface area contributed by atoms with E-state index >= 15 is 0 Å². The maximum absolute atomic E-state index is 13.0. The molecule has 4 heterocycles. The maximum Gasteiger partial charge on any atom is 0.269 e. The van der Waals surface area contributed by atoms with Gasteiger partial charge in [-0.15, -0.1) is 39.4 Å². The highest BCUT2D eigenvalue weighted by Gasteiger charge is 2.20. The Morgan fingerprint density at radius 2 is 2.25 bits per heavy atom. The highest BCUT2D eigenvalue weighted by Crippen LogP contribution is 2.18. The van der Waals surface area contributed by atoms with Crippen LogP contribution in [0.5, 0.6) is 0 Å². The van der Waals surface area contributed by atoms with E-state index in [1.807, 2.05) is 28.2 Å². The Balaban J connectivity index is 1.99. The molecule has 0 aliphatic carbocycles. The van der Waals surface area contributed by atoms with Gasteiger partial charge in [0.2, 0.25) is 0 Å². The van der Waals surface area contributed by atoms with Gasteiger partial charge in [-0.1, -0.05) is 18.6 Å². The molecule has 8 heteroatoms. The summed E-state index contributed by atoms with van der Waals surface area (Å²) in [4.78, 5) is 14.0. The third-order valence-corrected chi connectivity index (χ3v) is 6.64. The van der Waals surface area contributed by atoms with Crippen molar-refractivity contribution < 1.29 is 0 Å². The van der Waals surface area contributed by atoms with E-state index in [1.165, 1.54) is 11.3 Å². The van der Waals surface area contributed by atoms with Crippen molar-refractivity contribution in [3.05, 3.63) is 66.2 Å². The molecule has 3 aromatic rings. The molecular weight excluding hydrogens is 390 g/mol. The second-order valence-electron chi connectivity index (χ2n) is 6.52. The molecule has 4 rings (SSSR count). The average Bonchev–Trinajstić information content (AvgIpc) is 3.37. The molecule has 1 aliphatic rings. The number of nitriles is 1. The van der Waals surface area contributed by atoms with Crippen LogP contribution in [-0.4, -0.2) is 19.3 Å². The summed E-state index contributed by atoms with van der Waals surface area (Å²) in [5, 5.41) is 20.6. The fraction of sp³-hybridized carbons (Fsp3) is 0.300. The molecule has 0 amide bonds. The first-order valence-corrected chi connectivity index (χ1v) is 10.8. The fourth-order valence-corrected chi connectivity index (χ4v) is 5.20. The van der Waals surface area contributed by atoms with Gasteiger partial charge >= 0.3 is 0 Å². The fourth-order valence-electron chi connectivity index (χ4n) is 3.37. The second kappa shape index (κ2) is 8.09. The summed E-state index contributed by atoms with van der Waals surface area (Å²) in [5.41, 5.74) is 0.284. The molecule has 0 atom stereocenters. The van der Waals surface area contributed by atoms with Crippen molar-refractivity contribution in [2.45, 2.75) is 38.8 Å². The molecule has 0 fully saturated rings. The summed E-state index contributed by atoms with van der Waals surface area (Å²) in [6.45, 7) is 4.91. The van der Waals surface area contributed by atoms with Gasteiger partial charge in [0, 0.05) is 24.4 Å². The Kier molecular flexibility index (Phi) is 5.37. The van der Waals surface area contributed by atoms with E-state index in [2.05, 4.69) is 22.8 Å². The van der Waals surface area contributed by atoms with E-state index in [9.17, 15) is 10.1 Å². The molecule has 28 heavy (non-hydrogen) atoms. The lowest BCUT2D eigenvalue weighted by molar-refractivity contribution is 0.626. The smallest absolute Gasteiger partial charge is 0.269 e. The van der Waals surface area contributed by atoms with Crippen molar-refractivity contribution in [3.8, 4) is 6.07 Å². The summed E-state index contributed by atoms with van der Waals surface area (Å²) in [6, 6.07) is 6.20. The third-order valence-electron chi connectivity index (χ3n) is 4.69. The Hall–Kier alpha value is -2.76. The molecule has 0 bridgehead atoms. The Morgan fingerprint density at radius 3 is 3.00 bits per heavy atom. The van der Waals surface area contributed by atoms with Crippen molar-refractivity contribution in [2.75, 3.05) is 0 Å². The Labute approximate surface area is 170 Å². The zero-order chi connectivity index (χ0) is 19.5. The normalized spacial score (nSPS) is 15.6. The Morgan fingerprint density at radius 1 is 1.36 bits per heavy atom. The molecule has 0 radical (unpaired) electrons. The number of nitrogens with zero attached hydrogens (tertiary/aromatic N) is 5. The van der Waals surface area contributed by atoms with E-state index in [1.54, 1.807) is 22.0 Å². The summed E-state index contributed by atoms with van der Waals surface area (Å²) >= 11 is 2.90. The SMILES string of the molecule is C=CCn1c(=O)/c(=C/c2cccs2)s/c1=C(\C#N)c1nnc2n1CCCCC2. The van der Waals surface area contributed by atoms with Gasteiger partial charge in [0.05, 0.1) is 4.53 Å². The number of thiazole rings is 1. The van der Waals surface area contributed by atoms with Gasteiger partial charge in [0.25, 0.3) is 5.56 Å². The van der Waals surface area contributed by atoms with Gasteiger partial charge in [0.15, 0.2) is 5.82 Å². The number of rotatable bonds is 4. The molecule has 3 aromatic heterocycles. The lowest BCUT2D eigenvalue weighted by Gasteiger charge is -2.06. The van der Waals surface area contributed by atoms with Crippen LogP contribution in [0.1, 0.15) is 35.8 Å². The molecule has 142 valence electrons. The van der Waals surface area contributed by atoms with Crippen LogP contribution in [0, 0.1) is 11.3 Å². The predicted octanol–water partition coefficient (Wildman–Crippen LogP) is 2.03. The summed E-state index contributed by atoms with van der Waals surface area (Å²) in [5.74, 6) is 1.47. The lowest BCUT2D eigenvalue weighted by atomic mass is 10.2. The molecule has 0 saturated carbocycles. The van der Waals surface area contributed by atoms with Crippen LogP contribution in [0.25, 0.3) is 11.6 Å². The standard InChI is InChI=1S/C20H19N5OS2/c1-2-9-25-19(26)16(12-14-7-6-11-27-14)28-20(25)15(13-21)18-23-22-17-8-4-3-5-10-24(17)18/h2,6-7,11-12H,1,3-5,8-10H2/b16-12-,20-15+. The number of allylic oxidation sites excluding steroid dienone is 1. The van der Waals surface area contributed by atoms with E-state index < -0.39 is 0 Å². The van der Waals surface area contributed by atoms with E-state index in [-0.39, 0.29) is 5.56 Å². The minimum absolute atomic E-state index is 0.114. The van der Waals surface area contributed by atoms with Crippen molar-refractivity contribution in [1.82, 2.24) is 19.3 Å².